The fraction of sp³-hybridized carbons (Fsp3) is 0.346. The Hall–Kier alpha value is -2.65. The van der Waals surface area contributed by atoms with Gasteiger partial charge in [-0.2, -0.15) is 0 Å². The highest BCUT2D eigenvalue weighted by atomic mass is 16.5. The van der Waals surface area contributed by atoms with Crippen molar-refractivity contribution in [2.75, 3.05) is 20.2 Å². The predicted molar refractivity (Wildman–Crippen MR) is 118 cm³/mol. The van der Waals surface area contributed by atoms with Crippen molar-refractivity contribution in [3.05, 3.63) is 84.6 Å². The molecule has 3 aromatic rings. The average Bonchev–Trinajstić information content (AvgIpc) is 2.80. The fourth-order valence-corrected chi connectivity index (χ4v) is 5.54. The maximum atomic E-state index is 5.54. The molecular weight excluding hydrogens is 356 g/mol. The summed E-state index contributed by atoms with van der Waals surface area (Å²) in [4.78, 5) is 7.33. The number of aromatic nitrogens is 1. The molecule has 1 aromatic heterocycles. The molecule has 3 aliphatic heterocycles. The number of ether oxygens (including phenoxy) is 1. The molecule has 0 saturated carbocycles. The van der Waals surface area contributed by atoms with E-state index in [1.54, 1.807) is 7.11 Å². The van der Waals surface area contributed by atoms with Crippen LogP contribution in [0, 0.1) is 11.8 Å². The molecule has 3 aliphatic rings. The molecule has 6 rings (SSSR count). The first-order chi connectivity index (χ1) is 14.3. The summed E-state index contributed by atoms with van der Waals surface area (Å²) in [7, 11) is 1.73. The Kier molecular flexibility index (Phi) is 4.84. The third-order valence-corrected chi connectivity index (χ3v) is 7.01. The summed E-state index contributed by atoms with van der Waals surface area (Å²) < 4.78 is 5.54. The van der Waals surface area contributed by atoms with Crippen molar-refractivity contribution in [3.63, 3.8) is 0 Å². The second kappa shape index (κ2) is 7.64. The molecular formula is C26H28N2O. The Morgan fingerprint density at radius 1 is 1.17 bits per heavy atom. The van der Waals surface area contributed by atoms with Gasteiger partial charge in [0.05, 0.1) is 12.6 Å². The van der Waals surface area contributed by atoms with E-state index in [4.69, 9.17) is 4.74 Å². The van der Waals surface area contributed by atoms with Crippen molar-refractivity contribution in [2.24, 2.45) is 11.8 Å². The molecule has 0 amide bonds. The van der Waals surface area contributed by atoms with Crippen LogP contribution in [0.25, 0.3) is 10.9 Å². The quantitative estimate of drug-likeness (QED) is 0.560. The fourth-order valence-electron chi connectivity index (χ4n) is 5.54. The van der Waals surface area contributed by atoms with Gasteiger partial charge in [-0.25, -0.2) is 0 Å². The number of rotatable bonds is 5. The highest BCUT2D eigenvalue weighted by Gasteiger charge is 2.43. The summed E-state index contributed by atoms with van der Waals surface area (Å²) in [6.45, 7) is 6.42. The van der Waals surface area contributed by atoms with E-state index in [0.29, 0.717) is 17.9 Å². The molecule has 3 fully saturated rings. The summed E-state index contributed by atoms with van der Waals surface area (Å²) in [5.74, 6) is 2.58. The largest absolute Gasteiger partial charge is 0.497 e. The SMILES string of the molecule is C=CC1CN2CCC1C[C@H]2[C@@H](c1ccccc1)c1ccnc2ccc(OC)cc12. The molecule has 0 aliphatic carbocycles. The number of methoxy groups -OCH3 is 1. The first-order valence-electron chi connectivity index (χ1n) is 10.6. The normalized spacial score (nSPS) is 26.9. The van der Waals surface area contributed by atoms with Crippen LogP contribution in [0.4, 0.5) is 0 Å². The molecule has 0 spiro atoms. The van der Waals surface area contributed by atoms with Crippen molar-refractivity contribution >= 4 is 10.9 Å². The standard InChI is InChI=1S/C26H28N2O/c1-3-18-17-28-14-12-20(18)15-25(28)26(19-7-5-4-6-8-19)22-11-13-27-24-10-9-21(29-2)16-23(22)24/h3-11,13,16,18,20,25-26H,1,12,14-15,17H2,2H3/t18?,20?,25-,26-/m0/s1. The van der Waals surface area contributed by atoms with Crippen LogP contribution in [-0.2, 0) is 0 Å². The average molecular weight is 385 g/mol. The van der Waals surface area contributed by atoms with Crippen LogP contribution >= 0.6 is 0 Å². The summed E-state index contributed by atoms with van der Waals surface area (Å²) in [6.07, 6.45) is 6.66. The van der Waals surface area contributed by atoms with Crippen molar-refractivity contribution in [3.8, 4) is 5.75 Å². The molecule has 4 heterocycles. The lowest BCUT2D eigenvalue weighted by molar-refractivity contribution is 0.0121. The van der Waals surface area contributed by atoms with Gasteiger partial charge in [0.25, 0.3) is 0 Å². The molecule has 3 heteroatoms. The lowest BCUT2D eigenvalue weighted by atomic mass is 9.69. The Balaban J connectivity index is 1.65. The first kappa shape index (κ1) is 18.4. The maximum Gasteiger partial charge on any atom is 0.119 e. The van der Waals surface area contributed by atoms with Gasteiger partial charge < -0.3 is 4.74 Å². The Morgan fingerprint density at radius 3 is 2.76 bits per heavy atom. The van der Waals surface area contributed by atoms with Crippen molar-refractivity contribution in [1.82, 2.24) is 9.88 Å². The topological polar surface area (TPSA) is 25.4 Å². The zero-order valence-corrected chi connectivity index (χ0v) is 17.0. The van der Waals surface area contributed by atoms with E-state index in [-0.39, 0.29) is 0 Å². The van der Waals surface area contributed by atoms with Crippen LogP contribution in [0.2, 0.25) is 0 Å². The lowest BCUT2D eigenvalue weighted by Gasteiger charge is -2.52. The summed E-state index contributed by atoms with van der Waals surface area (Å²) in [5.41, 5.74) is 3.77. The van der Waals surface area contributed by atoms with Crippen molar-refractivity contribution in [2.45, 2.75) is 24.8 Å². The van der Waals surface area contributed by atoms with E-state index < -0.39 is 0 Å². The smallest absolute Gasteiger partial charge is 0.119 e. The van der Waals surface area contributed by atoms with Crippen molar-refractivity contribution in [1.29, 1.82) is 0 Å². The van der Waals surface area contributed by atoms with Gasteiger partial charge in [0, 0.05) is 30.1 Å². The minimum atomic E-state index is 0.322. The molecule has 2 aromatic carbocycles. The zero-order valence-electron chi connectivity index (χ0n) is 17.0. The molecule has 2 bridgehead atoms. The van der Waals surface area contributed by atoms with Gasteiger partial charge in [0.2, 0.25) is 0 Å². The van der Waals surface area contributed by atoms with Gasteiger partial charge in [0.15, 0.2) is 0 Å². The summed E-state index contributed by atoms with van der Waals surface area (Å²) >= 11 is 0. The van der Waals surface area contributed by atoms with E-state index in [1.165, 1.54) is 35.9 Å². The van der Waals surface area contributed by atoms with Crippen LogP contribution in [0.1, 0.15) is 29.9 Å². The highest BCUT2D eigenvalue weighted by Crippen LogP contribution is 2.45. The Labute approximate surface area is 173 Å². The molecule has 3 unspecified atom stereocenters. The van der Waals surface area contributed by atoms with Gasteiger partial charge in [-0.05, 0) is 66.6 Å². The minimum absolute atomic E-state index is 0.322. The zero-order chi connectivity index (χ0) is 19.8. The second-order valence-corrected chi connectivity index (χ2v) is 8.42. The number of pyridine rings is 1. The highest BCUT2D eigenvalue weighted by molar-refractivity contribution is 5.84. The van der Waals surface area contributed by atoms with Crippen LogP contribution in [0.15, 0.2) is 73.4 Å². The second-order valence-electron chi connectivity index (χ2n) is 8.42. The van der Waals surface area contributed by atoms with Crippen LogP contribution in [0.5, 0.6) is 5.75 Å². The molecule has 3 nitrogen and oxygen atoms in total. The van der Waals surface area contributed by atoms with Gasteiger partial charge in [-0.3, -0.25) is 9.88 Å². The van der Waals surface area contributed by atoms with Gasteiger partial charge in [0.1, 0.15) is 5.75 Å². The van der Waals surface area contributed by atoms with Gasteiger partial charge in [-0.15, -0.1) is 6.58 Å². The third-order valence-electron chi connectivity index (χ3n) is 7.01. The van der Waals surface area contributed by atoms with Crippen LogP contribution in [-0.4, -0.2) is 36.1 Å². The Morgan fingerprint density at radius 2 is 2.03 bits per heavy atom. The molecule has 148 valence electrons. The van der Waals surface area contributed by atoms with Crippen molar-refractivity contribution < 1.29 is 4.74 Å². The lowest BCUT2D eigenvalue weighted by Crippen LogP contribution is -2.55. The number of hydrogen-bond donors (Lipinski definition) is 0. The van der Waals surface area contributed by atoms with Crippen LogP contribution < -0.4 is 4.74 Å². The van der Waals surface area contributed by atoms with Gasteiger partial charge in [-0.1, -0.05) is 36.4 Å². The molecule has 5 atom stereocenters. The van der Waals surface area contributed by atoms with E-state index in [2.05, 4.69) is 71.1 Å². The number of piperidine rings is 3. The summed E-state index contributed by atoms with van der Waals surface area (Å²) in [5, 5.41) is 1.20. The number of benzene rings is 2. The molecule has 0 N–H and O–H groups in total. The third kappa shape index (κ3) is 3.24. The Bertz CT molecular complexity index is 1020. The molecule has 3 saturated heterocycles. The monoisotopic (exact) mass is 384 g/mol. The van der Waals surface area contributed by atoms with E-state index >= 15 is 0 Å². The van der Waals surface area contributed by atoms with Gasteiger partial charge >= 0.3 is 0 Å². The number of hydrogen-bond acceptors (Lipinski definition) is 3. The van der Waals surface area contributed by atoms with E-state index in [9.17, 15) is 0 Å². The first-order valence-corrected chi connectivity index (χ1v) is 10.6. The summed E-state index contributed by atoms with van der Waals surface area (Å²) in [6, 6.07) is 19.9. The van der Waals surface area contributed by atoms with E-state index in [1.807, 2.05) is 12.3 Å². The minimum Gasteiger partial charge on any atom is -0.497 e. The van der Waals surface area contributed by atoms with E-state index in [0.717, 1.165) is 23.7 Å². The maximum absolute atomic E-state index is 5.54. The predicted octanol–water partition coefficient (Wildman–Crippen LogP) is 5.27. The molecule has 29 heavy (non-hydrogen) atoms. The number of fused-ring (bicyclic) bond motifs is 4. The molecule has 0 radical (unpaired) electrons. The van der Waals surface area contributed by atoms with Crippen LogP contribution in [0.3, 0.4) is 0 Å². The number of nitrogens with zero attached hydrogens (tertiary/aromatic N) is 2.